The fraction of sp³-hybridized carbons (Fsp3) is 0.524. The Bertz CT molecular complexity index is 1500. The molecule has 50 heavy (non-hydrogen) atoms. The van der Waals surface area contributed by atoms with Gasteiger partial charge in [-0.2, -0.15) is 0 Å². The summed E-state index contributed by atoms with van der Waals surface area (Å²) < 4.78 is 16.2. The van der Waals surface area contributed by atoms with E-state index in [1.165, 1.54) is 62.9 Å². The Morgan fingerprint density at radius 2 is 0.900 bits per heavy atom. The predicted octanol–water partition coefficient (Wildman–Crippen LogP) is 5.31. The number of halogens is 2. The molecular weight excluding hydrogens is 783 g/mol. The van der Waals surface area contributed by atoms with Crippen LogP contribution in [-0.4, -0.2) is 22.6 Å². The normalized spacial score (nSPS) is 21.1. The van der Waals surface area contributed by atoms with Crippen LogP contribution in [0, 0.1) is 0 Å². The van der Waals surface area contributed by atoms with Crippen molar-refractivity contribution >= 4 is 32.9 Å². The van der Waals surface area contributed by atoms with Crippen LogP contribution in [0.1, 0.15) is 92.9 Å². The van der Waals surface area contributed by atoms with Crippen LogP contribution in [0.5, 0.6) is 0 Å². The van der Waals surface area contributed by atoms with Gasteiger partial charge < -0.3 is 24.8 Å². The number of hydrogen-bond donors (Lipinski definition) is 0. The number of hydrogen-bond acceptors (Lipinski definition) is 2. The molecular formula is C42H61Cl2O2Si3Zr. The zero-order chi connectivity index (χ0) is 34.5. The molecule has 0 N–H and O–H groups in total. The van der Waals surface area contributed by atoms with Gasteiger partial charge in [0.1, 0.15) is 0 Å². The summed E-state index contributed by atoms with van der Waals surface area (Å²) in [5, 5.41) is 3.57. The third-order valence-electron chi connectivity index (χ3n) is 12.6. The molecule has 2 aromatic carbocycles. The van der Waals surface area contributed by atoms with Gasteiger partial charge in [-0.15, -0.1) is 0 Å². The van der Waals surface area contributed by atoms with E-state index in [9.17, 15) is 0 Å². The first kappa shape index (κ1) is 41.9. The average Bonchev–Trinajstić information content (AvgIpc) is 3.56. The van der Waals surface area contributed by atoms with E-state index in [1.807, 2.05) is 0 Å². The average molecular weight is 844 g/mol. The fourth-order valence-corrected chi connectivity index (χ4v) is 38.2. The minimum Gasteiger partial charge on any atom is -1.00 e. The van der Waals surface area contributed by atoms with Crippen molar-refractivity contribution in [2.24, 2.45) is 0 Å². The van der Waals surface area contributed by atoms with Crippen LogP contribution in [0.2, 0.25) is 43.5 Å². The minimum absolute atomic E-state index is 0. The van der Waals surface area contributed by atoms with Gasteiger partial charge in [0.2, 0.25) is 0 Å². The van der Waals surface area contributed by atoms with Gasteiger partial charge in [-0.05, 0) is 0 Å². The van der Waals surface area contributed by atoms with Gasteiger partial charge in [-0.3, -0.25) is 0 Å². The molecule has 0 saturated heterocycles. The molecule has 8 heteroatoms. The molecule has 4 aliphatic carbocycles. The van der Waals surface area contributed by atoms with Crippen molar-refractivity contribution in [2.75, 3.05) is 0 Å². The Morgan fingerprint density at radius 1 is 0.560 bits per heavy atom. The maximum absolute atomic E-state index is 7.62. The summed E-state index contributed by atoms with van der Waals surface area (Å²) in [5.41, 5.74) is 6.84. The third-order valence-corrected chi connectivity index (χ3v) is 44.3. The van der Waals surface area contributed by atoms with Crippen molar-refractivity contribution in [3.63, 3.8) is 0 Å². The van der Waals surface area contributed by atoms with E-state index in [0.29, 0.717) is 7.25 Å². The maximum Gasteiger partial charge on any atom is -1.00 e. The molecule has 0 aliphatic heterocycles. The fourth-order valence-electron chi connectivity index (χ4n) is 7.92. The minimum atomic E-state index is -2.73. The van der Waals surface area contributed by atoms with E-state index in [0.717, 1.165) is 0 Å². The summed E-state index contributed by atoms with van der Waals surface area (Å²) in [7, 11) is -4.14. The van der Waals surface area contributed by atoms with Crippen LogP contribution in [0.25, 0.3) is 0 Å². The van der Waals surface area contributed by atoms with Crippen molar-refractivity contribution in [1.82, 2.24) is 0 Å². The molecule has 0 aromatic heterocycles. The Morgan fingerprint density at radius 3 is 1.24 bits per heavy atom. The maximum atomic E-state index is 7.62. The zero-order valence-corrected chi connectivity index (χ0v) is 39.5. The van der Waals surface area contributed by atoms with Gasteiger partial charge in [0.15, 0.2) is 0 Å². The molecule has 0 heterocycles. The first-order valence-electron chi connectivity index (χ1n) is 18.8. The molecule has 0 saturated carbocycles. The van der Waals surface area contributed by atoms with Crippen molar-refractivity contribution in [3.8, 4) is 0 Å². The van der Waals surface area contributed by atoms with Gasteiger partial charge in [-0.1, -0.05) is 0 Å². The number of rotatable bonds is 9. The zero-order valence-electron chi connectivity index (χ0n) is 32.4. The monoisotopic (exact) mass is 841 g/mol. The summed E-state index contributed by atoms with van der Waals surface area (Å²) in [5.74, 6) is 1.07. The summed E-state index contributed by atoms with van der Waals surface area (Å²) in [6.45, 7) is 24.3. The first-order chi connectivity index (χ1) is 22.6. The van der Waals surface area contributed by atoms with Crippen LogP contribution in [0.15, 0.2) is 107 Å². The van der Waals surface area contributed by atoms with E-state index in [1.54, 1.807) is 32.7 Å². The second-order valence-electron chi connectivity index (χ2n) is 18.0. The van der Waals surface area contributed by atoms with Crippen LogP contribution in [0.4, 0.5) is 0 Å². The molecule has 0 amide bonds. The Labute approximate surface area is 328 Å². The SMILES string of the molecule is CC(C)(C)[Si](C)(C)OC1=CC2=C(CCCC2)[CH]1[Zr+2]([CH]1C(O[Si](C)(C)C(C)(C)C)=CC2=C1CCCC2)[SiH](c1ccccc1)c1ccccc1.[Cl-].[Cl-]. The third kappa shape index (κ3) is 8.41. The smallest absolute Gasteiger partial charge is 1.00 e. The number of allylic oxidation sites excluding steroid dienone is 6. The van der Waals surface area contributed by atoms with Gasteiger partial charge in [-0.25, -0.2) is 0 Å². The van der Waals surface area contributed by atoms with Crippen molar-refractivity contribution < 1.29 is 54.6 Å². The molecule has 0 fully saturated rings. The molecule has 2 nitrogen and oxygen atoms in total. The second kappa shape index (κ2) is 16.2. The largest absolute Gasteiger partial charge is 1.00 e. The summed E-state index contributed by atoms with van der Waals surface area (Å²) in [4.78, 5) is 0. The van der Waals surface area contributed by atoms with Gasteiger partial charge in [0, 0.05) is 0 Å². The second-order valence-corrected chi connectivity index (χ2v) is 43.1. The molecule has 0 radical (unpaired) electrons. The molecule has 2 aromatic rings. The molecule has 2 atom stereocenters. The van der Waals surface area contributed by atoms with Gasteiger partial charge in [0.05, 0.1) is 0 Å². The quantitative estimate of drug-likeness (QED) is 0.320. The van der Waals surface area contributed by atoms with Gasteiger partial charge in [0.25, 0.3) is 0 Å². The van der Waals surface area contributed by atoms with Crippen LogP contribution in [-0.2, 0) is 29.8 Å². The molecule has 6 rings (SSSR count). The molecule has 271 valence electrons. The van der Waals surface area contributed by atoms with Crippen molar-refractivity contribution in [1.29, 1.82) is 0 Å². The van der Waals surface area contributed by atoms with Crippen molar-refractivity contribution in [2.45, 2.75) is 136 Å². The van der Waals surface area contributed by atoms with E-state index >= 15 is 0 Å². The first-order valence-corrected chi connectivity index (χ1v) is 33.4. The van der Waals surface area contributed by atoms with Crippen molar-refractivity contribution in [3.05, 3.63) is 107 Å². The summed E-state index contributed by atoms with van der Waals surface area (Å²) in [6.07, 6.45) is 15.4. The summed E-state index contributed by atoms with van der Waals surface area (Å²) in [6, 6.07) is 23.7. The van der Waals surface area contributed by atoms with E-state index in [-0.39, 0.29) is 34.9 Å². The van der Waals surface area contributed by atoms with E-state index in [4.69, 9.17) is 8.85 Å². The van der Waals surface area contributed by atoms with Crippen LogP contribution in [0.3, 0.4) is 0 Å². The molecule has 0 bridgehead atoms. The summed E-state index contributed by atoms with van der Waals surface area (Å²) >= 11 is -2.73. The Balaban J connectivity index is 0.00000281. The number of benzene rings is 2. The Kier molecular flexibility index (Phi) is 13.6. The topological polar surface area (TPSA) is 18.5 Å². The Hall–Kier alpha value is -0.886. The van der Waals surface area contributed by atoms with E-state index in [2.05, 4.69) is 141 Å². The van der Waals surface area contributed by atoms with E-state index < -0.39 is 43.5 Å². The standard InChI is InChI=1S/2C15H25OSi.C12H11Si.2ClH.Zr/c2*1-15(2,3)17(4,5)16-14-10-12-8-6-7-9-13(12)11-14;1-3-7-11(8-4-1)13-12-9-5-2-6-10-12;;;/h2*10-11H,6-9H2,1-5H3;1-10,13H;2*1H;/q;;;;;+2/p-2. The predicted molar refractivity (Wildman–Crippen MR) is 211 cm³/mol. The molecule has 4 aliphatic rings. The molecule has 2 unspecified atom stereocenters. The molecule has 0 spiro atoms. The van der Waals surface area contributed by atoms with Crippen LogP contribution < -0.4 is 35.2 Å². The van der Waals surface area contributed by atoms with Gasteiger partial charge >= 0.3 is 306 Å². The van der Waals surface area contributed by atoms with Crippen LogP contribution >= 0.6 is 0 Å².